The van der Waals surface area contributed by atoms with Crippen molar-refractivity contribution in [2.75, 3.05) is 40.3 Å². The highest BCUT2D eigenvalue weighted by Crippen LogP contribution is 2.30. The fourth-order valence-electron chi connectivity index (χ4n) is 13.5. The minimum atomic E-state index is -1.32. The number of carbonyl (C=O) groups excluding carboxylic acids is 4. The normalized spacial score (nSPS) is 13.0. The summed E-state index contributed by atoms with van der Waals surface area (Å²) in [7, 11) is 2.77. The number of aromatic amines is 1. The molecular weight excluding hydrogens is 1380 g/mol. The van der Waals surface area contributed by atoms with Gasteiger partial charge < -0.3 is 33.1 Å². The van der Waals surface area contributed by atoms with E-state index in [1.807, 2.05) is 148 Å². The lowest BCUT2D eigenvalue weighted by atomic mass is 9.93. The summed E-state index contributed by atoms with van der Waals surface area (Å²) in [6.45, 7) is 16.3. The van der Waals surface area contributed by atoms with E-state index in [2.05, 4.69) is 102 Å². The fourth-order valence-corrected chi connectivity index (χ4v) is 14.7. The van der Waals surface area contributed by atoms with Gasteiger partial charge in [0, 0.05) is 93.5 Å². The van der Waals surface area contributed by atoms with E-state index in [9.17, 15) is 23.4 Å². The van der Waals surface area contributed by atoms with E-state index in [1.165, 1.54) is 78.7 Å². The average molecular weight is 1480 g/mol. The van der Waals surface area contributed by atoms with Gasteiger partial charge in [0.05, 0.1) is 67.0 Å². The quantitative estimate of drug-likeness (QED) is 0.0138. The highest BCUT2D eigenvalue weighted by molar-refractivity contribution is 7.84. The van der Waals surface area contributed by atoms with E-state index in [0.717, 1.165) is 136 Å². The number of carbonyl (C=O) groups is 4. The molecule has 1 aliphatic heterocycles. The standard InChI is InChI=1S/C24H30N4O3S.C23H24N4O2.C19H19N3O2.C17H22N4O2/c1-24(2,16-27(3)4)17-28-21-12-10-18(11-13-22(29)26-30)14-20(21)25-23(28)32(31)15-19-8-6-5-7-9-19;1-2-27-21-12-10-16(11-13-23(28)26-29)14-20(21)25-22(27)9-5-6-17-15-24-19-8-4-3-7-18(17)19;1-2-22-17-10-8-15(9-11-19(23)21-24)12-16(17)20-18(22)13-14-6-4-3-5-7-14;22-17(19-23)7-5-14-4-6-16-15(12-14)18-13-21(16)11-10-20-8-2-1-3-9-20/h5-14,30H,15-17H2,1-4H3,(H,26,29);3-4,7-8,10-15,24,29H,2,5-6,9H2,1H3,(H,26,28);3-12,24H,2,13H2,1H3,(H,21,23);4-7,12-13,23H,1-3,8-11H2,(H,19,22)/b2*13-11+;11-9+;7-5+. The second-order valence-electron chi connectivity index (χ2n) is 27.3. The number of likely N-dealkylation sites (tertiary alicyclic amines) is 1. The number of hydrogen-bond acceptors (Lipinski definition) is 15. The summed E-state index contributed by atoms with van der Waals surface area (Å²) >= 11 is 0. The Morgan fingerprint density at radius 1 is 0.546 bits per heavy atom. The van der Waals surface area contributed by atoms with Gasteiger partial charge in [0.25, 0.3) is 23.6 Å². The summed E-state index contributed by atoms with van der Waals surface area (Å²) in [5, 5.41) is 36.1. The summed E-state index contributed by atoms with van der Waals surface area (Å²) in [5.74, 6) is 0.232. The first-order valence-electron chi connectivity index (χ1n) is 36.2. The van der Waals surface area contributed by atoms with Crippen molar-refractivity contribution in [1.29, 1.82) is 0 Å². The number of aromatic nitrogens is 9. The second-order valence-corrected chi connectivity index (χ2v) is 28.7. The van der Waals surface area contributed by atoms with Gasteiger partial charge in [0.2, 0.25) is 0 Å². The molecule has 4 amide bonds. The molecule has 0 saturated carbocycles. The molecule has 562 valence electrons. The van der Waals surface area contributed by atoms with E-state index < -0.39 is 34.4 Å². The maximum atomic E-state index is 13.4. The van der Waals surface area contributed by atoms with Crippen LogP contribution in [0.1, 0.15) is 104 Å². The van der Waals surface area contributed by atoms with Crippen molar-refractivity contribution in [3.63, 3.8) is 0 Å². The number of imidazole rings is 4. The molecular formula is C83H95N15O9S. The molecule has 25 heteroatoms. The van der Waals surface area contributed by atoms with Crippen molar-refractivity contribution in [2.24, 2.45) is 5.41 Å². The number of aryl methyl sites for hydroxylation is 4. The van der Waals surface area contributed by atoms with Gasteiger partial charge in [-0.1, -0.05) is 123 Å². The van der Waals surface area contributed by atoms with Gasteiger partial charge in [-0.3, -0.25) is 44.2 Å². The minimum Gasteiger partial charge on any atom is -0.361 e. The largest absolute Gasteiger partial charge is 0.361 e. The molecule has 0 radical (unpaired) electrons. The van der Waals surface area contributed by atoms with Gasteiger partial charge in [0.1, 0.15) is 11.6 Å². The van der Waals surface area contributed by atoms with Crippen LogP contribution in [-0.2, 0) is 81.2 Å². The highest BCUT2D eigenvalue weighted by Gasteiger charge is 2.26. The molecule has 12 aromatic rings. The fraction of sp³-hybridized carbons (Fsp3) is 0.277. The summed E-state index contributed by atoms with van der Waals surface area (Å²) in [4.78, 5) is 71.4. The molecule has 108 heavy (non-hydrogen) atoms. The van der Waals surface area contributed by atoms with Crippen molar-refractivity contribution in [1.82, 2.24) is 74.9 Å². The molecule has 9 N–H and O–H groups in total. The first-order valence-corrected chi connectivity index (χ1v) is 37.5. The third kappa shape index (κ3) is 21.9. The van der Waals surface area contributed by atoms with Crippen LogP contribution in [0.2, 0.25) is 0 Å². The number of nitrogens with one attached hydrogen (secondary N) is 5. The summed E-state index contributed by atoms with van der Waals surface area (Å²) < 4.78 is 22.1. The van der Waals surface area contributed by atoms with Gasteiger partial charge in [-0.2, -0.15) is 0 Å². The van der Waals surface area contributed by atoms with Crippen LogP contribution < -0.4 is 21.9 Å². The topological polar surface area (TPSA) is 308 Å². The number of para-hydroxylation sites is 1. The maximum absolute atomic E-state index is 13.4. The lowest BCUT2D eigenvalue weighted by Crippen LogP contribution is -2.33. The van der Waals surface area contributed by atoms with Crippen LogP contribution in [0, 0.1) is 5.41 Å². The predicted molar refractivity (Wildman–Crippen MR) is 425 cm³/mol. The monoisotopic (exact) mass is 1480 g/mol. The maximum Gasteiger partial charge on any atom is 0.267 e. The Morgan fingerprint density at radius 3 is 1.55 bits per heavy atom. The molecule has 1 atom stereocenters. The molecule has 0 bridgehead atoms. The predicted octanol–water partition coefficient (Wildman–Crippen LogP) is 12.9. The SMILES string of the molecule is CCn1c(CCCc2c[nH]c3ccccc23)nc2cc(/C=C/C(=O)NO)ccc21.CCn1c(Cc2ccccc2)nc2cc(/C=C/C(=O)NO)ccc21.CN(C)CC(C)(C)Cn1c(S(=O)Cc2ccccc2)nc2cc(/C=C/C(=O)NO)ccc21.O=C(/C=C/c1ccc2c(c1)ncn2CCN1CCCCC1)NO. The molecule has 1 fully saturated rings. The van der Waals surface area contributed by atoms with Crippen molar-refractivity contribution in [2.45, 2.75) is 110 Å². The van der Waals surface area contributed by atoms with Crippen molar-refractivity contribution >= 4 is 114 Å². The van der Waals surface area contributed by atoms with Crippen LogP contribution in [0.25, 0.3) is 79.3 Å². The number of H-pyrrole nitrogens is 1. The van der Waals surface area contributed by atoms with Gasteiger partial charge in [0.15, 0.2) is 5.16 Å². The molecule has 24 nitrogen and oxygen atoms in total. The number of rotatable bonds is 26. The average Bonchev–Trinajstić information content (AvgIpc) is 1.65. The van der Waals surface area contributed by atoms with Gasteiger partial charge in [-0.05, 0) is 190 Å². The van der Waals surface area contributed by atoms with Crippen molar-refractivity contribution in [3.8, 4) is 0 Å². The lowest BCUT2D eigenvalue weighted by molar-refractivity contribution is -0.124. The van der Waals surface area contributed by atoms with Gasteiger partial charge in [-0.15, -0.1) is 0 Å². The van der Waals surface area contributed by atoms with Crippen LogP contribution >= 0.6 is 0 Å². The molecule has 5 aromatic heterocycles. The Labute approximate surface area is 630 Å². The van der Waals surface area contributed by atoms with Crippen molar-refractivity contribution < 1.29 is 44.2 Å². The van der Waals surface area contributed by atoms with Crippen LogP contribution in [-0.4, -0.2) is 142 Å². The van der Waals surface area contributed by atoms with Gasteiger partial charge in [-0.25, -0.2) is 41.9 Å². The van der Waals surface area contributed by atoms with Crippen LogP contribution in [0.4, 0.5) is 0 Å². The number of nitrogens with zero attached hydrogens (tertiary/aromatic N) is 10. The zero-order valence-electron chi connectivity index (χ0n) is 61.8. The number of benzene rings is 7. The molecule has 13 rings (SSSR count). The number of hydrogen-bond donors (Lipinski definition) is 9. The zero-order chi connectivity index (χ0) is 76.5. The molecule has 6 heterocycles. The molecule has 0 aliphatic carbocycles. The molecule has 1 aliphatic rings. The number of piperidine rings is 1. The second kappa shape index (κ2) is 38.8. The first kappa shape index (κ1) is 79.3. The first-order chi connectivity index (χ1) is 52.3. The third-order valence-electron chi connectivity index (χ3n) is 18.4. The Morgan fingerprint density at radius 2 is 1.02 bits per heavy atom. The smallest absolute Gasteiger partial charge is 0.267 e. The number of amides is 4. The van der Waals surface area contributed by atoms with E-state index >= 15 is 0 Å². The Hall–Kier alpha value is -11.3. The van der Waals surface area contributed by atoms with E-state index in [1.54, 1.807) is 46.2 Å². The Bertz CT molecular complexity index is 5180. The third-order valence-corrected chi connectivity index (χ3v) is 19.7. The highest BCUT2D eigenvalue weighted by atomic mass is 32.2. The Balaban J connectivity index is 0.000000155. The van der Waals surface area contributed by atoms with Gasteiger partial charge >= 0.3 is 0 Å². The minimum absolute atomic E-state index is 0.0688. The Kier molecular flexibility index (Phi) is 28.5. The van der Waals surface area contributed by atoms with E-state index in [4.69, 9.17) is 35.8 Å². The zero-order valence-corrected chi connectivity index (χ0v) is 62.6. The van der Waals surface area contributed by atoms with Crippen molar-refractivity contribution in [3.05, 3.63) is 245 Å². The number of hydroxylamine groups is 4. The molecule has 7 aromatic carbocycles. The number of fused-ring (bicyclic) bond motifs is 5. The molecule has 1 unspecified atom stereocenters. The molecule has 0 spiro atoms. The summed E-state index contributed by atoms with van der Waals surface area (Å²) in [5.41, 5.74) is 22.0. The lowest BCUT2D eigenvalue weighted by Gasteiger charge is -2.29. The van der Waals surface area contributed by atoms with E-state index in [-0.39, 0.29) is 5.41 Å². The molecule has 1 saturated heterocycles. The summed E-state index contributed by atoms with van der Waals surface area (Å²) in [6, 6.07) is 51.8. The van der Waals surface area contributed by atoms with Crippen LogP contribution in [0.3, 0.4) is 0 Å². The summed E-state index contributed by atoms with van der Waals surface area (Å²) in [6.07, 6.45) is 23.3. The van der Waals surface area contributed by atoms with Crippen LogP contribution in [0.5, 0.6) is 0 Å². The van der Waals surface area contributed by atoms with E-state index in [0.29, 0.717) is 23.0 Å². The van der Waals surface area contributed by atoms with Crippen LogP contribution in [0.15, 0.2) is 200 Å².